The molecule has 1 N–H and O–H groups in total. The minimum Gasteiger partial charge on any atom is -0.277 e. The van der Waals surface area contributed by atoms with Crippen molar-refractivity contribution in [2.24, 2.45) is 5.92 Å². The van der Waals surface area contributed by atoms with E-state index < -0.39 is 17.9 Å². The van der Waals surface area contributed by atoms with Gasteiger partial charge in [-0.2, -0.15) is 0 Å². The van der Waals surface area contributed by atoms with Crippen LogP contribution in [0.1, 0.15) is 26.2 Å². The number of nitrogens with zero attached hydrogens (tertiary/aromatic N) is 1. The smallest absolute Gasteiger partial charge is 0.277 e. The summed E-state index contributed by atoms with van der Waals surface area (Å²) in [5.74, 6) is -1.54. The number of amides is 4. The van der Waals surface area contributed by atoms with Gasteiger partial charge in [0.25, 0.3) is 0 Å². The highest BCUT2D eigenvalue weighted by Gasteiger charge is 2.42. The Balaban J connectivity index is 2.20. The third kappa shape index (κ3) is 1.62. The summed E-state index contributed by atoms with van der Waals surface area (Å²) >= 11 is 0. The van der Waals surface area contributed by atoms with Crippen LogP contribution in [-0.4, -0.2) is 28.8 Å². The van der Waals surface area contributed by atoms with Gasteiger partial charge in [0.2, 0.25) is 11.8 Å². The molecule has 1 saturated heterocycles. The van der Waals surface area contributed by atoms with E-state index in [0.717, 1.165) is 0 Å². The van der Waals surface area contributed by atoms with Crippen LogP contribution < -0.4 is 5.32 Å². The molecule has 5 nitrogen and oxygen atoms in total. The van der Waals surface area contributed by atoms with Gasteiger partial charge in [-0.05, 0) is 19.3 Å². The fraction of sp³-hybridized carbons (Fsp3) is 0.545. The predicted octanol–water partition coefficient (Wildman–Crippen LogP) is 0.810. The summed E-state index contributed by atoms with van der Waals surface area (Å²) in [4.78, 5) is 36.2. The first-order valence-corrected chi connectivity index (χ1v) is 5.48. The number of hydrogen-bond acceptors (Lipinski definition) is 3. The van der Waals surface area contributed by atoms with Crippen LogP contribution in [-0.2, 0) is 9.59 Å². The van der Waals surface area contributed by atoms with Gasteiger partial charge >= 0.3 is 6.03 Å². The molecule has 0 aromatic rings. The van der Waals surface area contributed by atoms with Crippen molar-refractivity contribution in [1.29, 1.82) is 0 Å². The predicted molar refractivity (Wildman–Crippen MR) is 56.3 cm³/mol. The second-order valence-electron chi connectivity index (χ2n) is 4.06. The molecule has 0 aromatic carbocycles. The average molecular weight is 222 g/mol. The highest BCUT2D eigenvalue weighted by atomic mass is 16.2. The second kappa shape index (κ2) is 4.08. The van der Waals surface area contributed by atoms with E-state index in [0.29, 0.717) is 19.3 Å². The minimum atomic E-state index is -0.710. The summed E-state index contributed by atoms with van der Waals surface area (Å²) in [7, 11) is 0. The van der Waals surface area contributed by atoms with E-state index in [-0.39, 0.29) is 11.9 Å². The quantitative estimate of drug-likeness (QED) is 0.555. The van der Waals surface area contributed by atoms with E-state index in [1.165, 1.54) is 4.90 Å². The Morgan fingerprint density at radius 1 is 1.31 bits per heavy atom. The average Bonchev–Trinajstić information content (AvgIpc) is 2.70. The molecule has 0 spiro atoms. The molecule has 1 aliphatic heterocycles. The number of nitrogens with one attached hydrogen (secondary N) is 1. The van der Waals surface area contributed by atoms with E-state index in [1.807, 2.05) is 12.2 Å². The van der Waals surface area contributed by atoms with Crippen LogP contribution in [0.5, 0.6) is 0 Å². The number of imide groups is 2. The van der Waals surface area contributed by atoms with E-state index in [4.69, 9.17) is 0 Å². The van der Waals surface area contributed by atoms with Crippen molar-refractivity contribution in [3.63, 3.8) is 0 Å². The number of carbonyl (C=O) groups is 3. The highest BCUT2D eigenvalue weighted by Crippen LogP contribution is 2.23. The van der Waals surface area contributed by atoms with Crippen LogP contribution in [0.15, 0.2) is 12.2 Å². The monoisotopic (exact) mass is 222 g/mol. The van der Waals surface area contributed by atoms with Gasteiger partial charge in [-0.3, -0.25) is 19.8 Å². The highest BCUT2D eigenvalue weighted by molar-refractivity contribution is 6.16. The zero-order chi connectivity index (χ0) is 11.7. The molecule has 1 atom stereocenters. The summed E-state index contributed by atoms with van der Waals surface area (Å²) < 4.78 is 0. The largest absolute Gasteiger partial charge is 0.331 e. The standard InChI is InChI=1S/C11H14N2O3/c1-2-8-9(14)12-11(16)13(10(8)15)7-5-3-4-6-7/h3-4,7-8H,2,5-6H2,1H3,(H,12,14,16). The molecule has 4 amide bonds. The molecular weight excluding hydrogens is 208 g/mol. The van der Waals surface area contributed by atoms with Crippen LogP contribution in [0.4, 0.5) is 4.79 Å². The van der Waals surface area contributed by atoms with Gasteiger partial charge in [-0.25, -0.2) is 4.79 Å². The maximum atomic E-state index is 12.0. The molecule has 1 aliphatic carbocycles. The van der Waals surface area contributed by atoms with Crippen LogP contribution in [0.3, 0.4) is 0 Å². The van der Waals surface area contributed by atoms with Crippen LogP contribution in [0.2, 0.25) is 0 Å². The van der Waals surface area contributed by atoms with Gasteiger partial charge < -0.3 is 0 Å². The van der Waals surface area contributed by atoms with Crippen molar-refractivity contribution in [2.45, 2.75) is 32.2 Å². The first-order chi connectivity index (χ1) is 7.65. The summed E-state index contributed by atoms with van der Waals surface area (Å²) in [5, 5.41) is 2.24. The molecular formula is C11H14N2O3. The van der Waals surface area contributed by atoms with Crippen molar-refractivity contribution < 1.29 is 14.4 Å². The Kier molecular flexibility index (Phi) is 2.77. The van der Waals surface area contributed by atoms with Gasteiger partial charge in [0, 0.05) is 6.04 Å². The molecule has 0 bridgehead atoms. The van der Waals surface area contributed by atoms with Gasteiger partial charge in [-0.15, -0.1) is 0 Å². The lowest BCUT2D eigenvalue weighted by atomic mass is 10.00. The Bertz CT molecular complexity index is 367. The summed E-state index contributed by atoms with van der Waals surface area (Å²) in [6.45, 7) is 1.77. The molecule has 86 valence electrons. The molecule has 2 rings (SSSR count). The van der Waals surface area contributed by atoms with E-state index in [2.05, 4.69) is 5.32 Å². The fourth-order valence-corrected chi connectivity index (χ4v) is 2.15. The first kappa shape index (κ1) is 10.9. The molecule has 1 unspecified atom stereocenters. The molecule has 0 aromatic heterocycles. The first-order valence-electron chi connectivity index (χ1n) is 5.48. The van der Waals surface area contributed by atoms with Gasteiger partial charge in [0.15, 0.2) is 0 Å². The SMILES string of the molecule is CCC1C(=O)NC(=O)N(C2CC=CC2)C1=O. The zero-order valence-electron chi connectivity index (χ0n) is 9.10. The third-order valence-corrected chi connectivity index (χ3v) is 3.06. The van der Waals surface area contributed by atoms with Crippen LogP contribution >= 0.6 is 0 Å². The normalized spacial score (nSPS) is 26.4. The number of rotatable bonds is 2. The van der Waals surface area contributed by atoms with E-state index in [9.17, 15) is 14.4 Å². The summed E-state index contributed by atoms with van der Waals surface area (Å²) in [6.07, 6.45) is 5.69. The van der Waals surface area contributed by atoms with Gasteiger partial charge in [0.05, 0.1) is 0 Å². The summed E-state index contributed by atoms with van der Waals surface area (Å²) in [5.41, 5.74) is 0. The van der Waals surface area contributed by atoms with Crippen LogP contribution in [0, 0.1) is 5.92 Å². The van der Waals surface area contributed by atoms with E-state index >= 15 is 0 Å². The maximum Gasteiger partial charge on any atom is 0.331 e. The van der Waals surface area contributed by atoms with Gasteiger partial charge in [0.1, 0.15) is 5.92 Å². The van der Waals surface area contributed by atoms with Gasteiger partial charge in [-0.1, -0.05) is 19.1 Å². The van der Waals surface area contributed by atoms with Crippen molar-refractivity contribution in [3.8, 4) is 0 Å². The summed E-state index contributed by atoms with van der Waals surface area (Å²) in [6, 6.07) is -0.692. The lowest BCUT2D eigenvalue weighted by molar-refractivity contribution is -0.144. The fourth-order valence-electron chi connectivity index (χ4n) is 2.15. The number of hydrogen-bond donors (Lipinski definition) is 1. The molecule has 0 radical (unpaired) electrons. The Labute approximate surface area is 93.5 Å². The molecule has 0 saturated carbocycles. The molecule has 1 heterocycles. The number of urea groups is 1. The minimum absolute atomic E-state index is 0.116. The Morgan fingerprint density at radius 3 is 2.50 bits per heavy atom. The third-order valence-electron chi connectivity index (χ3n) is 3.06. The number of barbiturate groups is 1. The zero-order valence-corrected chi connectivity index (χ0v) is 9.10. The Hall–Kier alpha value is -1.65. The van der Waals surface area contributed by atoms with E-state index in [1.54, 1.807) is 6.92 Å². The lowest BCUT2D eigenvalue weighted by Gasteiger charge is -2.33. The molecule has 5 heteroatoms. The van der Waals surface area contributed by atoms with Crippen molar-refractivity contribution in [2.75, 3.05) is 0 Å². The van der Waals surface area contributed by atoms with Crippen molar-refractivity contribution in [3.05, 3.63) is 12.2 Å². The van der Waals surface area contributed by atoms with Crippen LogP contribution in [0.25, 0.3) is 0 Å². The number of carbonyl (C=O) groups excluding carboxylic acids is 3. The lowest BCUT2D eigenvalue weighted by Crippen LogP contribution is -2.60. The molecule has 1 fully saturated rings. The maximum absolute atomic E-state index is 12.0. The van der Waals surface area contributed by atoms with Crippen molar-refractivity contribution >= 4 is 17.8 Å². The molecule has 2 aliphatic rings. The Morgan fingerprint density at radius 2 is 1.94 bits per heavy atom. The molecule has 16 heavy (non-hydrogen) atoms. The van der Waals surface area contributed by atoms with Crippen molar-refractivity contribution in [1.82, 2.24) is 10.2 Å². The second-order valence-corrected chi connectivity index (χ2v) is 4.06. The topological polar surface area (TPSA) is 66.5 Å².